The molecule has 0 N–H and O–H groups in total. The topological polar surface area (TPSA) is 16.4 Å². The third-order valence-corrected chi connectivity index (χ3v) is 14.7. The van der Waals surface area contributed by atoms with E-state index in [2.05, 4.69) is 207 Å². The maximum Gasteiger partial charge on any atom is 0.159 e. The second kappa shape index (κ2) is 11.9. The number of rotatable bonds is 3. The molecule has 1 aliphatic heterocycles. The van der Waals surface area contributed by atoms with E-state index >= 15 is 0 Å². The Labute approximate surface area is 347 Å². The van der Waals surface area contributed by atoms with Gasteiger partial charge in [-0.15, -0.1) is 0 Å². The molecule has 0 amide bonds. The molecule has 0 unspecified atom stereocenters. The van der Waals surface area contributed by atoms with E-state index in [0.717, 1.165) is 39.0 Å². The van der Waals surface area contributed by atoms with E-state index in [0.29, 0.717) is 0 Å². The lowest BCUT2D eigenvalue weighted by Crippen LogP contribution is -2.32. The number of hydrogen-bond acceptors (Lipinski definition) is 3. The highest BCUT2D eigenvalue weighted by molar-refractivity contribution is 7.99. The number of furan rings is 1. The van der Waals surface area contributed by atoms with Crippen LogP contribution in [0.2, 0.25) is 0 Å². The Bertz CT molecular complexity index is 3380. The van der Waals surface area contributed by atoms with Crippen molar-refractivity contribution in [1.82, 2.24) is 0 Å². The maximum atomic E-state index is 6.84. The molecule has 3 aliphatic rings. The minimum absolute atomic E-state index is 0.156. The molecule has 0 saturated carbocycles. The number of hydrogen-bond donors (Lipinski definition) is 0. The van der Waals surface area contributed by atoms with Crippen LogP contribution in [-0.4, -0.2) is 0 Å². The van der Waals surface area contributed by atoms with Crippen molar-refractivity contribution in [1.29, 1.82) is 0 Å². The van der Waals surface area contributed by atoms with Crippen molar-refractivity contribution in [2.24, 2.45) is 0 Å². The molecule has 9 aromatic carbocycles. The predicted molar refractivity (Wildman–Crippen MR) is 245 cm³/mol. The first-order valence-electron chi connectivity index (χ1n) is 20.5. The lowest BCUT2D eigenvalue weighted by molar-refractivity contribution is 0.660. The van der Waals surface area contributed by atoms with Crippen LogP contribution in [0.5, 0.6) is 0 Å². The smallest absolute Gasteiger partial charge is 0.159 e. The van der Waals surface area contributed by atoms with Gasteiger partial charge in [-0.1, -0.05) is 165 Å². The van der Waals surface area contributed by atoms with Crippen molar-refractivity contribution in [3.63, 3.8) is 0 Å². The van der Waals surface area contributed by atoms with Crippen LogP contribution in [0.15, 0.2) is 202 Å². The van der Waals surface area contributed by atoms with Crippen LogP contribution in [0.25, 0.3) is 55.0 Å². The van der Waals surface area contributed by atoms with Crippen LogP contribution in [0.1, 0.15) is 47.2 Å². The van der Waals surface area contributed by atoms with Crippen LogP contribution in [0, 0.1) is 0 Å². The average molecular weight is 772 g/mol. The van der Waals surface area contributed by atoms with E-state index in [-0.39, 0.29) is 5.41 Å². The molecule has 3 heteroatoms. The molecule has 2 aliphatic carbocycles. The highest BCUT2D eigenvalue weighted by Gasteiger charge is 2.51. The number of anilines is 3. The number of nitrogens with zero attached hydrogens (tertiary/aromatic N) is 1. The molecule has 1 spiro atoms. The Morgan fingerprint density at radius 3 is 1.85 bits per heavy atom. The van der Waals surface area contributed by atoms with E-state index in [4.69, 9.17) is 4.42 Å². The van der Waals surface area contributed by atoms with Crippen LogP contribution in [-0.2, 0) is 10.8 Å². The van der Waals surface area contributed by atoms with Crippen molar-refractivity contribution in [2.75, 3.05) is 4.90 Å². The van der Waals surface area contributed by atoms with Gasteiger partial charge in [0.2, 0.25) is 0 Å². The second-order valence-corrected chi connectivity index (χ2v) is 17.9. The molecule has 0 atom stereocenters. The first-order valence-corrected chi connectivity index (χ1v) is 21.3. The summed E-state index contributed by atoms with van der Waals surface area (Å²) in [5.74, 6) is 0. The summed E-state index contributed by atoms with van der Waals surface area (Å²) in [6.07, 6.45) is 0. The van der Waals surface area contributed by atoms with Crippen molar-refractivity contribution >= 4 is 61.5 Å². The SMILES string of the molecule is CC1(C)c2ccccc2-c2ccc(N(c3ccc4c(c3)C3(c5ccccc5Sc5ccccc53)c3ccc5ccccc5c3-4)c3cccc4c3oc3ccccc34)cc21. The van der Waals surface area contributed by atoms with Crippen molar-refractivity contribution in [3.8, 4) is 22.3 Å². The molecular weight excluding hydrogens is 735 g/mol. The summed E-state index contributed by atoms with van der Waals surface area (Å²) in [6, 6.07) is 70.0. The Balaban J connectivity index is 1.13. The number of para-hydroxylation sites is 2. The van der Waals surface area contributed by atoms with Crippen LogP contribution in [0.3, 0.4) is 0 Å². The highest BCUT2D eigenvalue weighted by Crippen LogP contribution is 2.64. The van der Waals surface area contributed by atoms with Gasteiger partial charge in [0.05, 0.1) is 11.1 Å². The van der Waals surface area contributed by atoms with Gasteiger partial charge in [0, 0.05) is 37.4 Å². The maximum absolute atomic E-state index is 6.84. The highest BCUT2D eigenvalue weighted by atomic mass is 32.2. The Morgan fingerprint density at radius 2 is 1.05 bits per heavy atom. The van der Waals surface area contributed by atoms with Gasteiger partial charge in [-0.2, -0.15) is 0 Å². The van der Waals surface area contributed by atoms with Gasteiger partial charge in [-0.3, -0.25) is 0 Å². The lowest BCUT2D eigenvalue weighted by Gasteiger charge is -2.40. The third kappa shape index (κ3) is 4.33. The fraction of sp³-hybridized carbons (Fsp3) is 0.0714. The Morgan fingerprint density at radius 1 is 0.441 bits per heavy atom. The molecular formula is C56H37NOS. The van der Waals surface area contributed by atoms with Crippen molar-refractivity contribution in [3.05, 3.63) is 221 Å². The predicted octanol–water partition coefficient (Wildman–Crippen LogP) is 15.3. The summed E-state index contributed by atoms with van der Waals surface area (Å²) in [7, 11) is 0. The summed E-state index contributed by atoms with van der Waals surface area (Å²) in [4.78, 5) is 5.05. The average Bonchev–Trinajstić information content (AvgIpc) is 3.88. The van der Waals surface area contributed by atoms with Gasteiger partial charge in [-0.25, -0.2) is 0 Å². The fourth-order valence-corrected chi connectivity index (χ4v) is 12.2. The van der Waals surface area contributed by atoms with E-state index in [9.17, 15) is 0 Å². The van der Waals surface area contributed by atoms with Gasteiger partial charge in [0.15, 0.2) is 5.58 Å². The zero-order valence-corrected chi connectivity index (χ0v) is 33.5. The van der Waals surface area contributed by atoms with E-state index in [1.54, 1.807) is 0 Å². The first kappa shape index (κ1) is 33.2. The largest absolute Gasteiger partial charge is 0.454 e. The van der Waals surface area contributed by atoms with Gasteiger partial charge in [-0.05, 0) is 115 Å². The number of fused-ring (bicyclic) bond motifs is 17. The molecule has 59 heavy (non-hydrogen) atoms. The molecule has 0 radical (unpaired) electrons. The van der Waals surface area contributed by atoms with Crippen LogP contribution < -0.4 is 4.90 Å². The quantitative estimate of drug-likeness (QED) is 0.178. The lowest BCUT2D eigenvalue weighted by atomic mass is 9.67. The van der Waals surface area contributed by atoms with E-state index in [1.807, 2.05) is 11.8 Å². The second-order valence-electron chi connectivity index (χ2n) is 16.8. The monoisotopic (exact) mass is 771 g/mol. The zero-order chi connectivity index (χ0) is 39.0. The molecule has 13 rings (SSSR count). The third-order valence-electron chi connectivity index (χ3n) is 13.5. The summed E-state index contributed by atoms with van der Waals surface area (Å²) in [5, 5.41) is 4.78. The van der Waals surface area contributed by atoms with Gasteiger partial charge in [0.1, 0.15) is 5.58 Å². The minimum Gasteiger partial charge on any atom is -0.454 e. The number of benzene rings is 9. The Kier molecular flexibility index (Phi) is 6.68. The fourth-order valence-electron chi connectivity index (χ4n) is 11.0. The van der Waals surface area contributed by atoms with Crippen LogP contribution >= 0.6 is 11.8 Å². The van der Waals surface area contributed by atoms with Crippen molar-refractivity contribution in [2.45, 2.75) is 34.5 Å². The summed E-state index contributed by atoms with van der Waals surface area (Å²) < 4.78 is 6.84. The molecule has 278 valence electrons. The molecule has 10 aromatic rings. The molecule has 0 saturated heterocycles. The van der Waals surface area contributed by atoms with Gasteiger partial charge < -0.3 is 9.32 Å². The summed E-state index contributed by atoms with van der Waals surface area (Å²) >= 11 is 1.89. The zero-order valence-electron chi connectivity index (χ0n) is 32.7. The first-order chi connectivity index (χ1) is 29.0. The molecule has 0 fully saturated rings. The Hall–Kier alpha value is -6.81. The molecule has 0 bridgehead atoms. The van der Waals surface area contributed by atoms with Crippen molar-refractivity contribution < 1.29 is 4.42 Å². The normalized spacial score (nSPS) is 14.8. The summed E-state index contributed by atoms with van der Waals surface area (Å²) in [6.45, 7) is 4.73. The van der Waals surface area contributed by atoms with E-state index < -0.39 is 5.41 Å². The molecule has 2 heterocycles. The van der Waals surface area contributed by atoms with Gasteiger partial charge >= 0.3 is 0 Å². The molecule has 1 aromatic heterocycles. The van der Waals surface area contributed by atoms with Crippen LogP contribution in [0.4, 0.5) is 17.1 Å². The minimum atomic E-state index is -0.526. The summed E-state index contributed by atoms with van der Waals surface area (Å²) in [5.41, 5.74) is 17.5. The molecule has 2 nitrogen and oxygen atoms in total. The van der Waals surface area contributed by atoms with Gasteiger partial charge in [0.25, 0.3) is 0 Å². The van der Waals surface area contributed by atoms with E-state index in [1.165, 1.54) is 76.2 Å². The standard InChI is InChI=1S/C56H37NOS/c1-55(2)43-19-7-5-16-38(43)39-29-27-35(32-47(39)55)57(49-22-13-18-41-40-17-6-10-23-50(40)58-54(41)49)36-28-30-42-48(33-36)56(46-31-26-34-14-3-4-15-37(34)53(42)46)44-20-8-11-24-51(44)59-52-25-12-9-21-45(52)56/h3-33H,1-2H3.